The Morgan fingerprint density at radius 3 is 1.19 bits per heavy atom. The summed E-state index contributed by atoms with van der Waals surface area (Å²) in [6, 6.07) is -0.984. The van der Waals surface area contributed by atoms with Gasteiger partial charge in [-0.25, -0.2) is 8.78 Å². The summed E-state index contributed by atoms with van der Waals surface area (Å²) in [4.78, 5) is 0. The topological polar surface area (TPSA) is 9.23 Å². The lowest BCUT2D eigenvalue weighted by molar-refractivity contribution is -0.458. The van der Waals surface area contributed by atoms with Gasteiger partial charge in [-0.15, -0.1) is 0 Å². The third-order valence-corrected chi connectivity index (χ3v) is 23.1. The first-order chi connectivity index (χ1) is 13.4. The molecule has 0 amide bonds. The van der Waals surface area contributed by atoms with Gasteiger partial charge in [-0.3, -0.25) is 0 Å². The van der Waals surface area contributed by atoms with E-state index in [9.17, 15) is 74.6 Å². The maximum absolute atomic E-state index is 14.0. The Bertz CT molecular complexity index is 653. The number of hydrogen-bond donors (Lipinski definition) is 0. The second-order valence-corrected chi connectivity index (χ2v) is 21.7. The molecular weight excluding hydrogens is 543 g/mol. The molecule has 1 aliphatic rings. The third kappa shape index (κ3) is 3.79. The van der Waals surface area contributed by atoms with Gasteiger partial charge in [0.1, 0.15) is 17.6 Å². The summed E-state index contributed by atoms with van der Waals surface area (Å²) in [5, 5.41) is 0. The second-order valence-electron chi connectivity index (χ2n) is 6.45. The standard InChI is InChI=1S/C10H9F17OSi3/c11-3(12,5(15,16)7(19,20)9(23,24)25)4(13,14)6(17,18)8(21,22)10(26,27)31-2-1-28-29-30-31/h31H,1-2,29-30H2. The summed E-state index contributed by atoms with van der Waals surface area (Å²) in [6.45, 7) is -0.657. The highest BCUT2D eigenvalue weighted by atomic mass is 29.5. The van der Waals surface area contributed by atoms with Gasteiger partial charge < -0.3 is 4.43 Å². The molecule has 1 unspecified atom stereocenters. The van der Waals surface area contributed by atoms with E-state index in [1.807, 2.05) is 0 Å². The van der Waals surface area contributed by atoms with Crippen molar-refractivity contribution in [2.45, 2.75) is 53.3 Å². The quantitative estimate of drug-likeness (QED) is 0.348. The van der Waals surface area contributed by atoms with Gasteiger partial charge in [0, 0.05) is 15.2 Å². The van der Waals surface area contributed by atoms with E-state index in [1.54, 1.807) is 0 Å². The van der Waals surface area contributed by atoms with Crippen LogP contribution < -0.4 is 0 Å². The summed E-state index contributed by atoms with van der Waals surface area (Å²) in [5.74, 6) is -49.2. The fourth-order valence-electron chi connectivity index (χ4n) is 2.49. The van der Waals surface area contributed by atoms with E-state index in [-0.39, 0.29) is 0 Å². The molecule has 1 saturated heterocycles. The molecule has 1 aliphatic heterocycles. The molecule has 31 heavy (non-hydrogen) atoms. The molecular formula is C10H9F17OSi3. The molecule has 0 aromatic rings. The summed E-state index contributed by atoms with van der Waals surface area (Å²) < 4.78 is 228. The van der Waals surface area contributed by atoms with E-state index < -0.39 is 86.1 Å². The third-order valence-electron chi connectivity index (χ3n) is 4.48. The van der Waals surface area contributed by atoms with Crippen molar-refractivity contribution >= 4 is 26.1 Å². The molecule has 1 rings (SSSR count). The van der Waals surface area contributed by atoms with Crippen LogP contribution in [-0.2, 0) is 4.43 Å². The van der Waals surface area contributed by atoms with Crippen molar-refractivity contribution in [2.75, 3.05) is 6.61 Å². The van der Waals surface area contributed by atoms with Gasteiger partial charge in [-0.2, -0.15) is 65.9 Å². The molecule has 0 N–H and O–H groups in total. The van der Waals surface area contributed by atoms with Crippen LogP contribution in [0.1, 0.15) is 0 Å². The summed E-state index contributed by atoms with van der Waals surface area (Å²) in [7, 11) is -8.57. The van der Waals surface area contributed by atoms with Crippen molar-refractivity contribution in [1.82, 2.24) is 0 Å². The predicted molar refractivity (Wildman–Crippen MR) is 75.7 cm³/mol. The molecule has 0 bridgehead atoms. The first kappa shape index (κ1) is 28.5. The van der Waals surface area contributed by atoms with Gasteiger partial charge in [0.15, 0.2) is 0 Å². The number of rotatable bonds is 7. The maximum atomic E-state index is 14.0. The van der Waals surface area contributed by atoms with Gasteiger partial charge in [-0.1, -0.05) is 0 Å². The number of hydrogen-bond acceptors (Lipinski definition) is 1. The van der Waals surface area contributed by atoms with Crippen LogP contribution in [0.5, 0.6) is 0 Å². The molecule has 1 fully saturated rings. The predicted octanol–water partition coefficient (Wildman–Crippen LogP) is 3.46. The van der Waals surface area contributed by atoms with Crippen LogP contribution in [-0.4, -0.2) is 80.0 Å². The van der Waals surface area contributed by atoms with Crippen LogP contribution in [0.15, 0.2) is 0 Å². The van der Waals surface area contributed by atoms with Gasteiger partial charge in [0.05, 0.1) is 0 Å². The van der Waals surface area contributed by atoms with E-state index >= 15 is 0 Å². The van der Waals surface area contributed by atoms with Crippen LogP contribution in [0.2, 0.25) is 6.04 Å². The SMILES string of the molecule is FC(F)(F)C(F)(F)C(F)(F)C(F)(F)C(F)(F)C(F)(F)C(F)(F)C(F)(F)[SiH]1CCO[SiH2][SiH2]1. The minimum Gasteiger partial charge on any atom is -0.428 e. The molecule has 0 spiro atoms. The zero-order chi connectivity index (χ0) is 25.1. The first-order valence-electron chi connectivity index (χ1n) is 7.65. The largest absolute Gasteiger partial charge is 0.460 e. The van der Waals surface area contributed by atoms with Gasteiger partial charge in [0.25, 0.3) is 5.55 Å². The first-order valence-corrected chi connectivity index (χ1v) is 16.9. The van der Waals surface area contributed by atoms with Crippen molar-refractivity contribution in [1.29, 1.82) is 0 Å². The van der Waals surface area contributed by atoms with Crippen LogP contribution in [0.3, 0.4) is 0 Å². The number of halogens is 17. The summed E-state index contributed by atoms with van der Waals surface area (Å²) >= 11 is 0. The molecule has 0 aromatic heterocycles. The summed E-state index contributed by atoms with van der Waals surface area (Å²) in [5.41, 5.74) is -6.08. The smallest absolute Gasteiger partial charge is 0.428 e. The van der Waals surface area contributed by atoms with Crippen LogP contribution in [0.25, 0.3) is 0 Å². The highest BCUT2D eigenvalue weighted by Crippen LogP contribution is 2.64. The highest BCUT2D eigenvalue weighted by molar-refractivity contribution is 7.35. The van der Waals surface area contributed by atoms with E-state index in [1.165, 1.54) is 0 Å². The highest BCUT2D eigenvalue weighted by Gasteiger charge is 2.95. The van der Waals surface area contributed by atoms with Crippen LogP contribution in [0, 0.1) is 0 Å². The minimum atomic E-state index is -8.55. The zero-order valence-corrected chi connectivity index (χ0v) is 18.2. The molecule has 0 radical (unpaired) electrons. The molecule has 0 aliphatic carbocycles. The minimum absolute atomic E-state index is 0.657. The lowest BCUT2D eigenvalue weighted by Crippen LogP contribution is -2.76. The van der Waals surface area contributed by atoms with Gasteiger partial charge in [-0.05, 0) is 6.04 Å². The average molecular weight is 552 g/mol. The monoisotopic (exact) mass is 552 g/mol. The second kappa shape index (κ2) is 7.74. The molecule has 21 heteroatoms. The normalized spacial score (nSPS) is 22.9. The molecule has 186 valence electrons. The Hall–Kier alpha value is -0.579. The van der Waals surface area contributed by atoms with E-state index in [0.717, 1.165) is 0 Å². The maximum Gasteiger partial charge on any atom is 0.460 e. The van der Waals surface area contributed by atoms with Crippen molar-refractivity contribution in [3.8, 4) is 0 Å². The van der Waals surface area contributed by atoms with E-state index in [0.29, 0.717) is 0 Å². The Labute approximate surface area is 166 Å². The van der Waals surface area contributed by atoms with Gasteiger partial charge >= 0.3 is 41.7 Å². The van der Waals surface area contributed by atoms with E-state index in [4.69, 9.17) is 0 Å². The average Bonchev–Trinajstić information content (AvgIpc) is 2.60. The Kier molecular flexibility index (Phi) is 7.10. The lowest BCUT2D eigenvalue weighted by Gasteiger charge is -2.44. The molecule has 1 heterocycles. The number of alkyl halides is 17. The van der Waals surface area contributed by atoms with Crippen LogP contribution in [0.4, 0.5) is 74.6 Å². The molecule has 1 nitrogen and oxygen atoms in total. The summed E-state index contributed by atoms with van der Waals surface area (Å²) in [6.07, 6.45) is -7.73. The fraction of sp³-hybridized carbons (Fsp3) is 1.00. The van der Waals surface area contributed by atoms with E-state index in [2.05, 4.69) is 4.43 Å². The molecule has 0 saturated carbocycles. The Morgan fingerprint density at radius 2 is 0.871 bits per heavy atom. The molecule has 0 aromatic carbocycles. The fourth-order valence-corrected chi connectivity index (χ4v) is 20.9. The van der Waals surface area contributed by atoms with Crippen molar-refractivity contribution in [3.05, 3.63) is 0 Å². The van der Waals surface area contributed by atoms with Crippen LogP contribution >= 0.6 is 0 Å². The van der Waals surface area contributed by atoms with Crippen molar-refractivity contribution in [2.24, 2.45) is 0 Å². The van der Waals surface area contributed by atoms with Crippen molar-refractivity contribution < 1.29 is 79.1 Å². The molecule has 1 atom stereocenters. The van der Waals surface area contributed by atoms with Crippen molar-refractivity contribution in [3.63, 3.8) is 0 Å². The Morgan fingerprint density at radius 1 is 0.516 bits per heavy atom. The zero-order valence-electron chi connectivity index (χ0n) is 14.2. The van der Waals surface area contributed by atoms with Gasteiger partial charge in [0.2, 0.25) is 0 Å². The Balaban J connectivity index is 3.57. The lowest BCUT2D eigenvalue weighted by atomic mass is 9.91.